The first-order valence-corrected chi connectivity index (χ1v) is 8.47. The summed E-state index contributed by atoms with van der Waals surface area (Å²) in [6.45, 7) is -0.0120. The van der Waals surface area contributed by atoms with E-state index in [-0.39, 0.29) is 23.1 Å². The summed E-state index contributed by atoms with van der Waals surface area (Å²) in [4.78, 5) is 12.2. The molecule has 1 heterocycles. The summed E-state index contributed by atoms with van der Waals surface area (Å²) >= 11 is 8.82. The summed E-state index contributed by atoms with van der Waals surface area (Å²) in [5, 5.41) is 6.44. The van der Waals surface area contributed by atoms with E-state index in [0.29, 0.717) is 10.2 Å². The number of rotatable bonds is 5. The van der Waals surface area contributed by atoms with Crippen LogP contribution in [0.2, 0.25) is 5.02 Å². The molecule has 3 rings (SSSR count). The van der Waals surface area contributed by atoms with Crippen molar-refractivity contribution in [1.29, 1.82) is 0 Å². The van der Waals surface area contributed by atoms with Crippen molar-refractivity contribution in [3.8, 4) is 5.75 Å². The van der Waals surface area contributed by atoms with Crippen molar-refractivity contribution in [3.63, 3.8) is 0 Å². The van der Waals surface area contributed by atoms with E-state index in [9.17, 15) is 13.6 Å². The summed E-state index contributed by atoms with van der Waals surface area (Å²) in [6.07, 6.45) is 1.53. The van der Waals surface area contributed by atoms with E-state index < -0.39 is 17.5 Å². The van der Waals surface area contributed by atoms with Crippen molar-refractivity contribution in [3.05, 3.63) is 75.5 Å². The van der Waals surface area contributed by atoms with Gasteiger partial charge in [-0.25, -0.2) is 13.5 Å². The largest absolute Gasteiger partial charge is 0.471 e. The van der Waals surface area contributed by atoms with Crippen molar-refractivity contribution >= 4 is 39.1 Å². The van der Waals surface area contributed by atoms with Gasteiger partial charge in [0.15, 0.2) is 12.4 Å². The number of benzene rings is 2. The molecule has 0 fully saturated rings. The molecule has 0 saturated heterocycles. The maximum Gasteiger partial charge on any atom is 0.276 e. The van der Waals surface area contributed by atoms with Crippen LogP contribution >= 0.6 is 27.5 Å². The van der Waals surface area contributed by atoms with Crippen LogP contribution in [-0.4, -0.2) is 15.7 Å². The third-order valence-corrected chi connectivity index (χ3v) is 4.09. The normalized spacial score (nSPS) is 10.6. The highest BCUT2D eigenvalue weighted by Crippen LogP contribution is 2.22. The van der Waals surface area contributed by atoms with Crippen LogP contribution in [0, 0.1) is 11.6 Å². The summed E-state index contributed by atoms with van der Waals surface area (Å²) in [6, 6.07) is 9.71. The molecule has 0 saturated carbocycles. The van der Waals surface area contributed by atoms with E-state index in [0.717, 1.165) is 0 Å². The Bertz CT molecular complexity index is 965. The van der Waals surface area contributed by atoms with Gasteiger partial charge in [0.05, 0.1) is 10.7 Å². The smallest absolute Gasteiger partial charge is 0.276 e. The second-order valence-electron chi connectivity index (χ2n) is 5.17. The van der Waals surface area contributed by atoms with Crippen LogP contribution < -0.4 is 10.1 Å². The number of hydrogen-bond donors (Lipinski definition) is 1. The van der Waals surface area contributed by atoms with Gasteiger partial charge in [-0.2, -0.15) is 5.10 Å². The van der Waals surface area contributed by atoms with Crippen LogP contribution in [0.25, 0.3) is 0 Å². The van der Waals surface area contributed by atoms with Crippen molar-refractivity contribution in [2.75, 3.05) is 5.32 Å². The Morgan fingerprint density at radius 3 is 2.73 bits per heavy atom. The molecule has 26 heavy (non-hydrogen) atoms. The van der Waals surface area contributed by atoms with Gasteiger partial charge in [0.1, 0.15) is 17.4 Å². The van der Waals surface area contributed by atoms with Crippen LogP contribution in [0.1, 0.15) is 10.5 Å². The molecular weight excluding hydrogens is 432 g/mol. The fraction of sp³-hybridized carbons (Fsp3) is 0.0588. The second kappa shape index (κ2) is 7.84. The third-order valence-electron chi connectivity index (χ3n) is 3.31. The number of halogens is 4. The zero-order valence-electron chi connectivity index (χ0n) is 13.0. The fourth-order valence-corrected chi connectivity index (χ4v) is 2.54. The maximum absolute atomic E-state index is 13.8. The number of nitrogens with one attached hydrogen (secondary N) is 1. The van der Waals surface area contributed by atoms with E-state index in [1.54, 1.807) is 6.07 Å². The molecule has 5 nitrogen and oxygen atoms in total. The molecule has 0 aliphatic rings. The number of ether oxygens (including phenoxy) is 1. The topological polar surface area (TPSA) is 56.2 Å². The van der Waals surface area contributed by atoms with Crippen LogP contribution in [-0.2, 0) is 6.73 Å². The lowest BCUT2D eigenvalue weighted by molar-refractivity contribution is 0.101. The van der Waals surface area contributed by atoms with Crippen molar-refractivity contribution in [2.24, 2.45) is 0 Å². The van der Waals surface area contributed by atoms with Gasteiger partial charge in [-0.1, -0.05) is 27.5 Å². The van der Waals surface area contributed by atoms with Crippen molar-refractivity contribution in [2.45, 2.75) is 6.73 Å². The van der Waals surface area contributed by atoms with E-state index in [1.165, 1.54) is 47.3 Å². The first-order valence-electron chi connectivity index (χ1n) is 7.30. The third kappa shape index (κ3) is 4.39. The summed E-state index contributed by atoms with van der Waals surface area (Å²) in [5.74, 6) is -1.31. The lowest BCUT2D eigenvalue weighted by Gasteiger charge is -2.07. The Labute approximate surface area is 160 Å². The standard InChI is InChI=1S/C17H11BrClF2N3O2/c18-10-1-4-15(14(21)7-10)22-17(25)16-5-6-24(23-16)9-26-11-2-3-13(20)12(19)8-11/h1-8H,9H2,(H,22,25). The summed E-state index contributed by atoms with van der Waals surface area (Å²) in [5.41, 5.74) is 0.137. The number of aromatic nitrogens is 2. The molecule has 0 aliphatic heterocycles. The lowest BCUT2D eigenvalue weighted by Crippen LogP contribution is -2.15. The van der Waals surface area contributed by atoms with E-state index in [4.69, 9.17) is 16.3 Å². The number of nitrogens with zero attached hydrogens (tertiary/aromatic N) is 2. The van der Waals surface area contributed by atoms with Crippen LogP contribution in [0.5, 0.6) is 5.75 Å². The van der Waals surface area contributed by atoms with Gasteiger partial charge >= 0.3 is 0 Å². The molecule has 0 spiro atoms. The highest BCUT2D eigenvalue weighted by atomic mass is 79.9. The lowest BCUT2D eigenvalue weighted by atomic mass is 10.3. The van der Waals surface area contributed by atoms with Gasteiger partial charge < -0.3 is 10.1 Å². The highest BCUT2D eigenvalue weighted by molar-refractivity contribution is 9.10. The summed E-state index contributed by atoms with van der Waals surface area (Å²) < 4.78 is 34.2. The van der Waals surface area contributed by atoms with Crippen molar-refractivity contribution < 1.29 is 18.3 Å². The first kappa shape index (κ1) is 18.3. The number of anilines is 1. The molecular formula is C17H11BrClF2N3O2. The zero-order chi connectivity index (χ0) is 18.7. The predicted molar refractivity (Wildman–Crippen MR) is 96.3 cm³/mol. The molecule has 0 aliphatic carbocycles. The average molecular weight is 443 g/mol. The minimum Gasteiger partial charge on any atom is -0.471 e. The number of amides is 1. The van der Waals surface area contributed by atoms with Crippen molar-refractivity contribution in [1.82, 2.24) is 9.78 Å². The second-order valence-corrected chi connectivity index (χ2v) is 6.49. The van der Waals surface area contributed by atoms with Crippen LogP contribution in [0.4, 0.5) is 14.5 Å². The molecule has 0 radical (unpaired) electrons. The van der Waals surface area contributed by atoms with Gasteiger partial charge in [0.2, 0.25) is 0 Å². The number of carbonyl (C=O) groups is 1. The molecule has 1 N–H and O–H groups in total. The summed E-state index contributed by atoms with van der Waals surface area (Å²) in [7, 11) is 0. The first-order chi connectivity index (χ1) is 12.4. The Morgan fingerprint density at radius 1 is 1.19 bits per heavy atom. The maximum atomic E-state index is 13.8. The van der Waals surface area contributed by atoms with Crippen LogP contribution in [0.15, 0.2) is 53.1 Å². The molecule has 2 aromatic carbocycles. The predicted octanol–water partition coefficient (Wildman–Crippen LogP) is 4.87. The Balaban J connectivity index is 1.63. The van der Waals surface area contributed by atoms with E-state index in [2.05, 4.69) is 26.3 Å². The molecule has 3 aromatic rings. The fourth-order valence-electron chi connectivity index (χ4n) is 2.04. The highest BCUT2D eigenvalue weighted by Gasteiger charge is 2.13. The molecule has 1 aromatic heterocycles. The molecule has 134 valence electrons. The molecule has 0 atom stereocenters. The Morgan fingerprint density at radius 2 is 2.00 bits per heavy atom. The number of hydrogen-bond acceptors (Lipinski definition) is 3. The average Bonchev–Trinajstić information content (AvgIpc) is 3.07. The molecule has 1 amide bonds. The minimum atomic E-state index is -0.566. The molecule has 0 bridgehead atoms. The van der Waals surface area contributed by atoms with E-state index in [1.807, 2.05) is 0 Å². The Kier molecular flexibility index (Phi) is 5.53. The van der Waals surface area contributed by atoms with Crippen LogP contribution in [0.3, 0.4) is 0 Å². The van der Waals surface area contributed by atoms with Gasteiger partial charge in [-0.05, 0) is 36.4 Å². The quantitative estimate of drug-likeness (QED) is 0.614. The zero-order valence-corrected chi connectivity index (χ0v) is 15.4. The monoisotopic (exact) mass is 441 g/mol. The van der Waals surface area contributed by atoms with Gasteiger partial charge in [0, 0.05) is 16.7 Å². The van der Waals surface area contributed by atoms with Gasteiger partial charge in [-0.15, -0.1) is 0 Å². The van der Waals surface area contributed by atoms with Gasteiger partial charge in [0.25, 0.3) is 5.91 Å². The number of carbonyl (C=O) groups excluding carboxylic acids is 1. The van der Waals surface area contributed by atoms with E-state index >= 15 is 0 Å². The molecule has 0 unspecified atom stereocenters. The Hall–Kier alpha value is -2.45. The van der Waals surface area contributed by atoms with Gasteiger partial charge in [-0.3, -0.25) is 4.79 Å². The SMILES string of the molecule is O=C(Nc1ccc(Br)cc1F)c1ccn(COc2ccc(F)c(Cl)c2)n1. The molecule has 9 heteroatoms. The minimum absolute atomic E-state index is 0.0120.